The van der Waals surface area contributed by atoms with Crippen LogP contribution in [0.5, 0.6) is 0 Å². The van der Waals surface area contributed by atoms with Crippen LogP contribution in [0.4, 0.5) is 0 Å². The molecule has 2 nitrogen and oxygen atoms in total. The Morgan fingerprint density at radius 1 is 1.53 bits per heavy atom. The summed E-state index contributed by atoms with van der Waals surface area (Å²) in [5.74, 6) is 0.475. The molecule has 15 heavy (non-hydrogen) atoms. The molecule has 1 unspecified atom stereocenters. The summed E-state index contributed by atoms with van der Waals surface area (Å²) in [7, 11) is 2.06. The Bertz CT molecular complexity index is 301. The summed E-state index contributed by atoms with van der Waals surface area (Å²) in [4.78, 5) is 3.53. The summed E-state index contributed by atoms with van der Waals surface area (Å²) in [6.45, 7) is 5.41. The number of thiophene rings is 1. The van der Waals surface area contributed by atoms with Crippen LogP contribution < -0.4 is 0 Å². The second kappa shape index (κ2) is 5.99. The highest BCUT2D eigenvalue weighted by molar-refractivity contribution is 9.10. The lowest BCUT2D eigenvalue weighted by Gasteiger charge is -2.29. The Kier molecular flexibility index (Phi) is 5.26. The largest absolute Gasteiger partial charge is 0.395 e. The van der Waals surface area contributed by atoms with Gasteiger partial charge in [-0.1, -0.05) is 13.8 Å². The van der Waals surface area contributed by atoms with E-state index in [-0.39, 0.29) is 12.6 Å². The molecule has 0 spiro atoms. The van der Waals surface area contributed by atoms with Crippen LogP contribution in [0.2, 0.25) is 0 Å². The first-order valence-electron chi connectivity index (χ1n) is 5.08. The summed E-state index contributed by atoms with van der Waals surface area (Å²) in [5, 5.41) is 11.4. The first-order chi connectivity index (χ1) is 7.04. The molecule has 1 heterocycles. The molecule has 1 atom stereocenters. The molecular formula is C11H18BrNOS. The third-order valence-corrected chi connectivity index (χ3v) is 4.23. The molecule has 1 N–H and O–H groups in total. The number of nitrogens with zero attached hydrogens (tertiary/aromatic N) is 1. The maximum Gasteiger partial charge on any atom is 0.0589 e. The quantitative estimate of drug-likeness (QED) is 0.902. The maximum atomic E-state index is 9.30. The second-order valence-electron chi connectivity index (χ2n) is 4.14. The van der Waals surface area contributed by atoms with E-state index in [1.807, 2.05) is 0 Å². The molecular weight excluding hydrogens is 274 g/mol. The molecule has 0 amide bonds. The summed E-state index contributed by atoms with van der Waals surface area (Å²) in [6.07, 6.45) is 0. The van der Waals surface area contributed by atoms with Crippen LogP contribution in [-0.4, -0.2) is 29.7 Å². The number of aliphatic hydroxyl groups excluding tert-OH is 1. The van der Waals surface area contributed by atoms with Gasteiger partial charge in [0.05, 0.1) is 6.61 Å². The molecule has 4 heteroatoms. The Labute approximate surface area is 104 Å². The number of halogens is 1. The Balaban J connectivity index is 2.57. The lowest BCUT2D eigenvalue weighted by atomic mass is 10.0. The highest BCUT2D eigenvalue weighted by atomic mass is 79.9. The van der Waals surface area contributed by atoms with Gasteiger partial charge in [0.1, 0.15) is 0 Å². The summed E-state index contributed by atoms with van der Waals surface area (Å²) in [5.41, 5.74) is 0. The molecule has 0 saturated carbocycles. The van der Waals surface area contributed by atoms with E-state index in [2.05, 4.69) is 53.2 Å². The van der Waals surface area contributed by atoms with E-state index >= 15 is 0 Å². The lowest BCUT2D eigenvalue weighted by Crippen LogP contribution is -2.38. The number of aliphatic hydroxyl groups is 1. The number of hydrogen-bond donors (Lipinski definition) is 1. The van der Waals surface area contributed by atoms with E-state index < -0.39 is 0 Å². The zero-order valence-electron chi connectivity index (χ0n) is 9.40. The highest BCUT2D eigenvalue weighted by Crippen LogP contribution is 2.22. The average molecular weight is 292 g/mol. The molecule has 0 aromatic carbocycles. The maximum absolute atomic E-state index is 9.30. The van der Waals surface area contributed by atoms with Crippen molar-refractivity contribution in [2.75, 3.05) is 13.7 Å². The molecule has 86 valence electrons. The molecule has 1 rings (SSSR count). The smallest absolute Gasteiger partial charge is 0.0589 e. The Morgan fingerprint density at radius 2 is 2.20 bits per heavy atom. The van der Waals surface area contributed by atoms with Gasteiger partial charge in [0.15, 0.2) is 0 Å². The normalized spacial score (nSPS) is 13.8. The second-order valence-corrected chi connectivity index (χ2v) is 6.05. The minimum Gasteiger partial charge on any atom is -0.395 e. The lowest BCUT2D eigenvalue weighted by molar-refractivity contribution is 0.108. The monoisotopic (exact) mass is 291 g/mol. The predicted octanol–water partition coefficient (Wildman–Crippen LogP) is 2.96. The van der Waals surface area contributed by atoms with Crippen molar-refractivity contribution < 1.29 is 5.11 Å². The van der Waals surface area contributed by atoms with Crippen LogP contribution in [-0.2, 0) is 6.54 Å². The van der Waals surface area contributed by atoms with Gasteiger partial charge < -0.3 is 5.11 Å². The summed E-state index contributed by atoms with van der Waals surface area (Å²) >= 11 is 5.19. The van der Waals surface area contributed by atoms with E-state index in [0.717, 1.165) is 11.0 Å². The standard InChI is InChI=1S/C11H18BrNOS/c1-8(2)11(6-14)13(3)5-10-4-9(12)7-15-10/h4,7-8,11,14H,5-6H2,1-3H3. The van der Waals surface area contributed by atoms with Crippen LogP contribution in [0, 0.1) is 5.92 Å². The molecule has 1 aromatic heterocycles. The summed E-state index contributed by atoms with van der Waals surface area (Å²) in [6, 6.07) is 2.38. The zero-order chi connectivity index (χ0) is 11.4. The van der Waals surface area contributed by atoms with E-state index in [0.29, 0.717) is 5.92 Å². The number of likely N-dealkylation sites (N-methyl/N-ethyl adjacent to an activating group) is 1. The van der Waals surface area contributed by atoms with Gasteiger partial charge in [0.2, 0.25) is 0 Å². The van der Waals surface area contributed by atoms with Crippen LogP contribution in [0.25, 0.3) is 0 Å². The first-order valence-corrected chi connectivity index (χ1v) is 6.76. The van der Waals surface area contributed by atoms with Crippen molar-refractivity contribution in [3.05, 3.63) is 20.8 Å². The molecule has 0 aliphatic heterocycles. The molecule has 0 bridgehead atoms. The molecule has 0 fully saturated rings. The van der Waals surface area contributed by atoms with Crippen molar-refractivity contribution in [2.24, 2.45) is 5.92 Å². The third kappa shape index (κ3) is 3.87. The van der Waals surface area contributed by atoms with Gasteiger partial charge in [-0.15, -0.1) is 11.3 Å². The van der Waals surface area contributed by atoms with Gasteiger partial charge in [-0.2, -0.15) is 0 Å². The Morgan fingerprint density at radius 3 is 2.60 bits per heavy atom. The molecule has 0 aliphatic rings. The predicted molar refractivity (Wildman–Crippen MR) is 69.2 cm³/mol. The zero-order valence-corrected chi connectivity index (χ0v) is 11.8. The third-order valence-electron chi connectivity index (χ3n) is 2.55. The average Bonchev–Trinajstić information content (AvgIpc) is 2.51. The van der Waals surface area contributed by atoms with E-state index in [4.69, 9.17) is 0 Å². The van der Waals surface area contributed by atoms with Crippen molar-refractivity contribution in [1.82, 2.24) is 4.90 Å². The minimum absolute atomic E-state index is 0.223. The van der Waals surface area contributed by atoms with Gasteiger partial charge in [-0.05, 0) is 35.0 Å². The van der Waals surface area contributed by atoms with Gasteiger partial charge in [-0.3, -0.25) is 4.90 Å². The van der Waals surface area contributed by atoms with Crippen LogP contribution >= 0.6 is 27.3 Å². The summed E-state index contributed by atoms with van der Waals surface area (Å²) < 4.78 is 1.14. The van der Waals surface area contributed by atoms with Crippen molar-refractivity contribution in [3.63, 3.8) is 0 Å². The first kappa shape index (κ1) is 13.2. The van der Waals surface area contributed by atoms with Gasteiger partial charge in [0.25, 0.3) is 0 Å². The fraction of sp³-hybridized carbons (Fsp3) is 0.636. The number of rotatable bonds is 5. The van der Waals surface area contributed by atoms with Crippen LogP contribution in [0.15, 0.2) is 15.9 Å². The molecule has 1 aromatic rings. The van der Waals surface area contributed by atoms with Gasteiger partial charge >= 0.3 is 0 Å². The van der Waals surface area contributed by atoms with E-state index in [9.17, 15) is 5.11 Å². The topological polar surface area (TPSA) is 23.5 Å². The Hall–Kier alpha value is 0.1000. The molecule has 0 radical (unpaired) electrons. The van der Waals surface area contributed by atoms with Crippen LogP contribution in [0.3, 0.4) is 0 Å². The van der Waals surface area contributed by atoms with Gasteiger partial charge in [0, 0.05) is 27.3 Å². The van der Waals surface area contributed by atoms with E-state index in [1.54, 1.807) is 11.3 Å². The minimum atomic E-state index is 0.223. The van der Waals surface area contributed by atoms with Crippen molar-refractivity contribution in [1.29, 1.82) is 0 Å². The fourth-order valence-corrected chi connectivity index (χ4v) is 3.17. The highest BCUT2D eigenvalue weighted by Gasteiger charge is 2.17. The molecule has 0 aliphatic carbocycles. The molecule has 0 saturated heterocycles. The van der Waals surface area contributed by atoms with Gasteiger partial charge in [-0.25, -0.2) is 0 Å². The van der Waals surface area contributed by atoms with Crippen LogP contribution in [0.1, 0.15) is 18.7 Å². The SMILES string of the molecule is CC(C)C(CO)N(C)Cc1cc(Br)cs1. The van der Waals surface area contributed by atoms with Crippen molar-refractivity contribution in [3.8, 4) is 0 Å². The van der Waals surface area contributed by atoms with Crippen molar-refractivity contribution in [2.45, 2.75) is 26.4 Å². The number of hydrogen-bond acceptors (Lipinski definition) is 3. The van der Waals surface area contributed by atoms with Crippen molar-refractivity contribution >= 4 is 27.3 Å². The fourth-order valence-electron chi connectivity index (χ4n) is 1.66. The van der Waals surface area contributed by atoms with E-state index in [1.165, 1.54) is 4.88 Å².